The first-order chi connectivity index (χ1) is 11.9. The number of aromatic nitrogens is 2. The van der Waals surface area contributed by atoms with Gasteiger partial charge in [0.15, 0.2) is 5.15 Å². The van der Waals surface area contributed by atoms with Gasteiger partial charge in [-0.15, -0.1) is 0 Å². The number of imidazole rings is 1. The summed E-state index contributed by atoms with van der Waals surface area (Å²) in [4.78, 5) is 26.5. The molecule has 1 N–H and O–H groups in total. The summed E-state index contributed by atoms with van der Waals surface area (Å²) in [5, 5.41) is 9.32. The van der Waals surface area contributed by atoms with E-state index in [0.29, 0.717) is 17.4 Å². The number of aryl methyl sites for hydroxylation is 1. The molecule has 0 aliphatic heterocycles. The Kier molecular flexibility index (Phi) is 6.58. The molecule has 0 bridgehead atoms. The summed E-state index contributed by atoms with van der Waals surface area (Å²) >= 11 is 6.24. The van der Waals surface area contributed by atoms with Gasteiger partial charge in [0, 0.05) is 19.9 Å². The SMILES string of the molecule is CCCCc1nc(Cl)c(COC(C)=O)n1Cc1ccc(C(=O)O)cc1. The first-order valence-corrected chi connectivity index (χ1v) is 8.49. The van der Waals surface area contributed by atoms with E-state index in [1.807, 2.05) is 4.57 Å². The number of rotatable bonds is 8. The highest BCUT2D eigenvalue weighted by molar-refractivity contribution is 6.30. The Morgan fingerprint density at radius 3 is 2.52 bits per heavy atom. The first kappa shape index (κ1) is 19.0. The number of benzene rings is 1. The van der Waals surface area contributed by atoms with Crippen molar-refractivity contribution in [3.8, 4) is 0 Å². The third kappa shape index (κ3) is 5.06. The van der Waals surface area contributed by atoms with Crippen LogP contribution in [0.4, 0.5) is 0 Å². The number of ether oxygens (including phenoxy) is 1. The van der Waals surface area contributed by atoms with Gasteiger partial charge in [0.1, 0.15) is 12.4 Å². The van der Waals surface area contributed by atoms with Crippen LogP contribution in [0.2, 0.25) is 5.15 Å². The molecule has 1 aromatic heterocycles. The van der Waals surface area contributed by atoms with E-state index in [-0.39, 0.29) is 18.1 Å². The fraction of sp³-hybridized carbons (Fsp3) is 0.389. The Morgan fingerprint density at radius 2 is 1.96 bits per heavy atom. The number of carbonyl (C=O) groups is 2. The summed E-state index contributed by atoms with van der Waals surface area (Å²) in [6.07, 6.45) is 2.76. The highest BCUT2D eigenvalue weighted by Gasteiger charge is 2.17. The van der Waals surface area contributed by atoms with Crippen molar-refractivity contribution in [2.45, 2.75) is 46.3 Å². The van der Waals surface area contributed by atoms with Crippen molar-refractivity contribution in [1.29, 1.82) is 0 Å². The minimum absolute atomic E-state index is 0.0561. The maximum absolute atomic E-state index is 11.1. The molecule has 1 heterocycles. The van der Waals surface area contributed by atoms with Crippen LogP contribution in [0, 0.1) is 0 Å². The number of hydrogen-bond acceptors (Lipinski definition) is 4. The van der Waals surface area contributed by atoms with Crippen LogP contribution in [0.1, 0.15) is 54.1 Å². The van der Waals surface area contributed by atoms with Crippen molar-refractivity contribution in [3.05, 3.63) is 52.1 Å². The number of carboxylic acids is 1. The number of nitrogens with zero attached hydrogens (tertiary/aromatic N) is 2. The molecule has 0 spiro atoms. The van der Waals surface area contributed by atoms with E-state index in [2.05, 4.69) is 11.9 Å². The lowest BCUT2D eigenvalue weighted by molar-refractivity contribution is -0.142. The zero-order valence-electron chi connectivity index (χ0n) is 14.3. The van der Waals surface area contributed by atoms with E-state index in [1.165, 1.54) is 6.92 Å². The van der Waals surface area contributed by atoms with Crippen molar-refractivity contribution in [2.75, 3.05) is 0 Å². The molecule has 25 heavy (non-hydrogen) atoms. The molecule has 7 heteroatoms. The largest absolute Gasteiger partial charge is 0.478 e. The number of carbonyl (C=O) groups excluding carboxylic acids is 1. The van der Waals surface area contributed by atoms with Crippen LogP contribution in [0.5, 0.6) is 0 Å². The lowest BCUT2D eigenvalue weighted by atomic mass is 10.1. The number of esters is 1. The molecule has 0 unspecified atom stereocenters. The average Bonchev–Trinajstić information content (AvgIpc) is 2.86. The molecule has 0 amide bonds. The molecule has 2 rings (SSSR count). The summed E-state index contributed by atoms with van der Waals surface area (Å²) in [5.74, 6) is -0.516. The van der Waals surface area contributed by atoms with Gasteiger partial charge in [-0.25, -0.2) is 9.78 Å². The second-order valence-corrected chi connectivity index (χ2v) is 6.10. The monoisotopic (exact) mass is 364 g/mol. The summed E-state index contributed by atoms with van der Waals surface area (Å²) in [6, 6.07) is 6.65. The lowest BCUT2D eigenvalue weighted by Gasteiger charge is -2.12. The van der Waals surface area contributed by atoms with E-state index in [4.69, 9.17) is 21.4 Å². The molecule has 6 nitrogen and oxygen atoms in total. The van der Waals surface area contributed by atoms with Crippen molar-refractivity contribution in [2.24, 2.45) is 0 Å². The van der Waals surface area contributed by atoms with Crippen LogP contribution in [-0.4, -0.2) is 26.6 Å². The second kappa shape index (κ2) is 8.67. The quantitative estimate of drug-likeness (QED) is 0.722. The van der Waals surface area contributed by atoms with Crippen molar-refractivity contribution >= 4 is 23.5 Å². The normalized spacial score (nSPS) is 10.7. The van der Waals surface area contributed by atoms with Crippen molar-refractivity contribution in [1.82, 2.24) is 9.55 Å². The second-order valence-electron chi connectivity index (χ2n) is 5.74. The van der Waals surface area contributed by atoms with Gasteiger partial charge in [-0.05, 0) is 24.1 Å². The third-order valence-corrected chi connectivity index (χ3v) is 4.11. The smallest absolute Gasteiger partial charge is 0.335 e. The van der Waals surface area contributed by atoms with Crippen LogP contribution in [-0.2, 0) is 29.1 Å². The number of aromatic carboxylic acids is 1. The Hall–Kier alpha value is -2.34. The fourth-order valence-electron chi connectivity index (χ4n) is 2.46. The topological polar surface area (TPSA) is 81.4 Å². The highest BCUT2D eigenvalue weighted by Crippen LogP contribution is 2.22. The summed E-state index contributed by atoms with van der Waals surface area (Å²) in [7, 11) is 0. The van der Waals surface area contributed by atoms with Crippen LogP contribution in [0.3, 0.4) is 0 Å². The zero-order valence-corrected chi connectivity index (χ0v) is 15.0. The van der Waals surface area contributed by atoms with E-state index in [0.717, 1.165) is 30.7 Å². The Labute approximate surface area is 151 Å². The predicted octanol–water partition coefficient (Wildman–Crippen LogP) is 3.69. The van der Waals surface area contributed by atoms with Crippen LogP contribution in [0.15, 0.2) is 24.3 Å². The standard InChI is InChI=1S/C18H21ClN2O4/c1-3-4-5-16-20-17(19)15(11-25-12(2)22)21(16)10-13-6-8-14(9-7-13)18(23)24/h6-9H,3-5,10-11H2,1-2H3,(H,23,24). The molecule has 0 saturated heterocycles. The van der Waals surface area contributed by atoms with Gasteiger partial charge >= 0.3 is 11.9 Å². The Bertz CT molecular complexity index is 753. The summed E-state index contributed by atoms with van der Waals surface area (Å²) in [5.41, 5.74) is 1.80. The predicted molar refractivity (Wildman–Crippen MR) is 93.8 cm³/mol. The molecular formula is C18H21ClN2O4. The van der Waals surface area contributed by atoms with E-state index in [1.54, 1.807) is 24.3 Å². The van der Waals surface area contributed by atoms with Crippen LogP contribution in [0.25, 0.3) is 0 Å². The van der Waals surface area contributed by atoms with Gasteiger partial charge in [-0.3, -0.25) is 4.79 Å². The molecule has 0 atom stereocenters. The summed E-state index contributed by atoms with van der Waals surface area (Å²) < 4.78 is 7.03. The highest BCUT2D eigenvalue weighted by atomic mass is 35.5. The van der Waals surface area contributed by atoms with E-state index < -0.39 is 5.97 Å². The van der Waals surface area contributed by atoms with Gasteiger partial charge in [0.25, 0.3) is 0 Å². The molecule has 0 aliphatic carbocycles. The zero-order chi connectivity index (χ0) is 18.4. The van der Waals surface area contributed by atoms with E-state index >= 15 is 0 Å². The van der Waals surface area contributed by atoms with Gasteiger partial charge in [0.2, 0.25) is 0 Å². The lowest BCUT2D eigenvalue weighted by Crippen LogP contribution is -2.11. The molecule has 0 aliphatic rings. The molecular weight excluding hydrogens is 344 g/mol. The fourth-order valence-corrected chi connectivity index (χ4v) is 2.71. The molecule has 1 aromatic carbocycles. The van der Waals surface area contributed by atoms with Crippen molar-refractivity contribution < 1.29 is 19.4 Å². The van der Waals surface area contributed by atoms with E-state index in [9.17, 15) is 9.59 Å². The molecule has 0 radical (unpaired) electrons. The average molecular weight is 365 g/mol. The summed E-state index contributed by atoms with van der Waals surface area (Å²) in [6.45, 7) is 3.98. The Morgan fingerprint density at radius 1 is 1.28 bits per heavy atom. The molecule has 0 fully saturated rings. The minimum Gasteiger partial charge on any atom is -0.478 e. The van der Waals surface area contributed by atoms with Gasteiger partial charge in [-0.1, -0.05) is 37.1 Å². The third-order valence-electron chi connectivity index (χ3n) is 3.81. The van der Waals surface area contributed by atoms with Gasteiger partial charge < -0.3 is 14.4 Å². The maximum atomic E-state index is 11.1. The molecule has 0 saturated carbocycles. The number of unbranched alkanes of at least 4 members (excludes halogenated alkanes) is 1. The van der Waals surface area contributed by atoms with Crippen LogP contribution >= 0.6 is 11.6 Å². The minimum atomic E-state index is -0.962. The van der Waals surface area contributed by atoms with Crippen molar-refractivity contribution in [3.63, 3.8) is 0 Å². The first-order valence-electron chi connectivity index (χ1n) is 8.11. The maximum Gasteiger partial charge on any atom is 0.335 e. The van der Waals surface area contributed by atoms with Gasteiger partial charge in [0.05, 0.1) is 11.3 Å². The molecule has 2 aromatic rings. The number of halogens is 1. The number of carboxylic acid groups (broad SMARTS) is 1. The number of hydrogen-bond donors (Lipinski definition) is 1. The molecule has 134 valence electrons. The Balaban J connectivity index is 2.31. The van der Waals surface area contributed by atoms with Crippen LogP contribution < -0.4 is 0 Å². The van der Waals surface area contributed by atoms with Gasteiger partial charge in [-0.2, -0.15) is 0 Å².